The van der Waals surface area contributed by atoms with Crippen molar-refractivity contribution in [2.45, 2.75) is 40.5 Å². The summed E-state index contributed by atoms with van der Waals surface area (Å²) in [5.74, 6) is 2.46. The van der Waals surface area contributed by atoms with Crippen LogP contribution in [0.4, 0.5) is 5.82 Å². The van der Waals surface area contributed by atoms with Gasteiger partial charge >= 0.3 is 0 Å². The van der Waals surface area contributed by atoms with Crippen LogP contribution in [0.1, 0.15) is 40.5 Å². The van der Waals surface area contributed by atoms with Gasteiger partial charge in [-0.05, 0) is 40.6 Å². The lowest BCUT2D eigenvalue weighted by Crippen LogP contribution is -2.28. The predicted octanol–water partition coefficient (Wildman–Crippen LogP) is 4.14. The topological polar surface area (TPSA) is 29.0 Å². The summed E-state index contributed by atoms with van der Waals surface area (Å²) in [5, 5.41) is 0. The summed E-state index contributed by atoms with van der Waals surface area (Å²) in [6.45, 7) is 11.2. The minimum absolute atomic E-state index is 0.719. The fourth-order valence-electron chi connectivity index (χ4n) is 1.67. The molecule has 0 aliphatic carbocycles. The SMILES string of the molecule is CC(C)CCN(CCC(C)C)c1cc(Br)ncn1. The maximum absolute atomic E-state index is 4.38. The molecule has 0 amide bonds. The molecule has 0 N–H and O–H groups in total. The van der Waals surface area contributed by atoms with E-state index in [2.05, 4.69) is 58.5 Å². The molecule has 0 saturated heterocycles. The van der Waals surface area contributed by atoms with E-state index in [1.807, 2.05) is 6.07 Å². The van der Waals surface area contributed by atoms with Crippen LogP contribution in [0.15, 0.2) is 17.0 Å². The van der Waals surface area contributed by atoms with Gasteiger partial charge in [-0.1, -0.05) is 27.7 Å². The molecule has 1 rings (SSSR count). The largest absolute Gasteiger partial charge is 0.356 e. The van der Waals surface area contributed by atoms with Gasteiger partial charge in [-0.25, -0.2) is 9.97 Å². The van der Waals surface area contributed by atoms with E-state index in [9.17, 15) is 0 Å². The van der Waals surface area contributed by atoms with Crippen LogP contribution < -0.4 is 4.90 Å². The van der Waals surface area contributed by atoms with Gasteiger partial charge in [-0.2, -0.15) is 0 Å². The third-order valence-corrected chi connectivity index (χ3v) is 3.33. The van der Waals surface area contributed by atoms with E-state index in [1.165, 1.54) is 12.8 Å². The van der Waals surface area contributed by atoms with Crippen LogP contribution in [0, 0.1) is 11.8 Å². The van der Waals surface area contributed by atoms with Crippen molar-refractivity contribution in [3.63, 3.8) is 0 Å². The number of nitrogens with zero attached hydrogens (tertiary/aromatic N) is 3. The summed E-state index contributed by atoms with van der Waals surface area (Å²) < 4.78 is 0.853. The van der Waals surface area contributed by atoms with Crippen molar-refractivity contribution in [3.8, 4) is 0 Å². The van der Waals surface area contributed by atoms with E-state index < -0.39 is 0 Å². The lowest BCUT2D eigenvalue weighted by Gasteiger charge is -2.25. The highest BCUT2D eigenvalue weighted by Gasteiger charge is 2.10. The molecule has 1 aromatic heterocycles. The molecule has 0 spiro atoms. The Hall–Kier alpha value is -0.640. The Morgan fingerprint density at radius 2 is 1.61 bits per heavy atom. The first kappa shape index (κ1) is 15.4. The molecule has 0 atom stereocenters. The average molecular weight is 314 g/mol. The highest BCUT2D eigenvalue weighted by molar-refractivity contribution is 9.10. The maximum Gasteiger partial charge on any atom is 0.133 e. The minimum atomic E-state index is 0.719. The van der Waals surface area contributed by atoms with Gasteiger partial charge in [0, 0.05) is 19.2 Å². The molecule has 102 valence electrons. The van der Waals surface area contributed by atoms with Crippen LogP contribution in [-0.4, -0.2) is 23.1 Å². The first-order valence-corrected chi connectivity index (χ1v) is 7.50. The molecule has 18 heavy (non-hydrogen) atoms. The van der Waals surface area contributed by atoms with Gasteiger partial charge < -0.3 is 4.90 Å². The Kier molecular flexibility index (Phi) is 6.61. The minimum Gasteiger partial charge on any atom is -0.356 e. The molecule has 0 aliphatic heterocycles. The summed E-state index contributed by atoms with van der Waals surface area (Å²) in [4.78, 5) is 10.8. The van der Waals surface area contributed by atoms with Crippen LogP contribution in [0.3, 0.4) is 0 Å². The van der Waals surface area contributed by atoms with Crippen LogP contribution in [0.5, 0.6) is 0 Å². The highest BCUT2D eigenvalue weighted by atomic mass is 79.9. The van der Waals surface area contributed by atoms with Gasteiger partial charge in [0.05, 0.1) is 0 Å². The fourth-order valence-corrected chi connectivity index (χ4v) is 1.96. The molecular formula is C14H24BrN3. The zero-order chi connectivity index (χ0) is 13.5. The first-order valence-electron chi connectivity index (χ1n) is 6.71. The summed E-state index contributed by atoms with van der Waals surface area (Å²) in [5.41, 5.74) is 0. The Balaban J connectivity index is 2.69. The van der Waals surface area contributed by atoms with Gasteiger partial charge in [0.1, 0.15) is 16.7 Å². The van der Waals surface area contributed by atoms with Crippen molar-refractivity contribution in [1.29, 1.82) is 0 Å². The summed E-state index contributed by atoms with van der Waals surface area (Å²) in [6.07, 6.45) is 4.01. The van der Waals surface area contributed by atoms with Crippen molar-refractivity contribution >= 4 is 21.7 Å². The molecule has 0 aromatic carbocycles. The molecule has 0 aliphatic rings. The van der Waals surface area contributed by atoms with Crippen LogP contribution >= 0.6 is 15.9 Å². The fraction of sp³-hybridized carbons (Fsp3) is 0.714. The quantitative estimate of drug-likeness (QED) is 0.708. The maximum atomic E-state index is 4.38. The standard InChI is InChI=1S/C14H24BrN3/c1-11(2)5-7-18(8-6-12(3)4)14-9-13(15)16-10-17-14/h9-12H,5-8H2,1-4H3. The molecule has 0 bridgehead atoms. The number of hydrogen-bond acceptors (Lipinski definition) is 3. The number of rotatable bonds is 7. The van der Waals surface area contributed by atoms with Gasteiger partial charge in [0.2, 0.25) is 0 Å². The normalized spacial score (nSPS) is 11.3. The van der Waals surface area contributed by atoms with Gasteiger partial charge in [0.25, 0.3) is 0 Å². The average Bonchev–Trinajstić information content (AvgIpc) is 2.28. The molecular weight excluding hydrogens is 290 g/mol. The molecule has 0 radical (unpaired) electrons. The van der Waals surface area contributed by atoms with Crippen LogP contribution in [0.25, 0.3) is 0 Å². The van der Waals surface area contributed by atoms with E-state index in [-0.39, 0.29) is 0 Å². The second-order valence-electron chi connectivity index (χ2n) is 5.55. The molecule has 3 nitrogen and oxygen atoms in total. The Labute approximate surface area is 119 Å². The molecule has 0 unspecified atom stereocenters. The van der Waals surface area contributed by atoms with Gasteiger partial charge in [-0.15, -0.1) is 0 Å². The number of aromatic nitrogens is 2. The second-order valence-corrected chi connectivity index (χ2v) is 6.36. The van der Waals surface area contributed by atoms with E-state index in [0.29, 0.717) is 0 Å². The summed E-state index contributed by atoms with van der Waals surface area (Å²) in [6, 6.07) is 2.00. The summed E-state index contributed by atoms with van der Waals surface area (Å²) >= 11 is 3.41. The van der Waals surface area contributed by atoms with Crippen molar-refractivity contribution in [2.24, 2.45) is 11.8 Å². The van der Waals surface area contributed by atoms with Crippen LogP contribution in [-0.2, 0) is 0 Å². The molecule has 0 fully saturated rings. The lowest BCUT2D eigenvalue weighted by atomic mass is 10.1. The number of anilines is 1. The smallest absolute Gasteiger partial charge is 0.133 e. The number of hydrogen-bond donors (Lipinski definition) is 0. The van der Waals surface area contributed by atoms with E-state index in [4.69, 9.17) is 0 Å². The van der Waals surface area contributed by atoms with Crippen LogP contribution in [0.2, 0.25) is 0 Å². The van der Waals surface area contributed by atoms with Crippen molar-refractivity contribution in [2.75, 3.05) is 18.0 Å². The third kappa shape index (κ3) is 5.80. The Morgan fingerprint density at radius 3 is 2.06 bits per heavy atom. The zero-order valence-corrected chi connectivity index (χ0v) is 13.4. The zero-order valence-electron chi connectivity index (χ0n) is 11.9. The molecule has 0 saturated carbocycles. The van der Waals surface area contributed by atoms with Crippen molar-refractivity contribution in [1.82, 2.24) is 9.97 Å². The monoisotopic (exact) mass is 313 g/mol. The predicted molar refractivity (Wildman–Crippen MR) is 80.9 cm³/mol. The van der Waals surface area contributed by atoms with Crippen molar-refractivity contribution < 1.29 is 0 Å². The highest BCUT2D eigenvalue weighted by Crippen LogP contribution is 2.17. The Morgan fingerprint density at radius 1 is 1.06 bits per heavy atom. The van der Waals surface area contributed by atoms with E-state index in [1.54, 1.807) is 6.33 Å². The second kappa shape index (κ2) is 7.72. The van der Waals surface area contributed by atoms with Gasteiger partial charge in [-0.3, -0.25) is 0 Å². The molecule has 4 heteroatoms. The molecule has 1 heterocycles. The van der Waals surface area contributed by atoms with Gasteiger partial charge in [0.15, 0.2) is 0 Å². The first-order chi connectivity index (χ1) is 8.49. The Bertz CT molecular complexity index is 341. The van der Waals surface area contributed by atoms with Crippen molar-refractivity contribution in [3.05, 3.63) is 17.0 Å². The lowest BCUT2D eigenvalue weighted by molar-refractivity contribution is 0.532. The third-order valence-electron chi connectivity index (χ3n) is 2.90. The van der Waals surface area contributed by atoms with E-state index >= 15 is 0 Å². The molecule has 1 aromatic rings. The van der Waals surface area contributed by atoms with E-state index in [0.717, 1.165) is 35.3 Å². The summed E-state index contributed by atoms with van der Waals surface area (Å²) in [7, 11) is 0. The number of halogens is 1.